The van der Waals surface area contributed by atoms with Gasteiger partial charge in [0.2, 0.25) is 5.91 Å². The minimum absolute atomic E-state index is 0.145. The van der Waals surface area contributed by atoms with Crippen molar-refractivity contribution in [1.82, 2.24) is 0 Å². The summed E-state index contributed by atoms with van der Waals surface area (Å²) in [7, 11) is 0. The number of rotatable bonds is 2. The van der Waals surface area contributed by atoms with Crippen molar-refractivity contribution in [3.05, 3.63) is 23.8 Å². The minimum atomic E-state index is -0.145. The van der Waals surface area contributed by atoms with E-state index in [-0.39, 0.29) is 5.91 Å². The molecule has 1 aromatic carbocycles. The summed E-state index contributed by atoms with van der Waals surface area (Å²) in [5.41, 5.74) is 7.48. The second kappa shape index (κ2) is 3.71. The molecule has 5 N–H and O–H groups in total. The molecule has 1 amide bonds. The van der Waals surface area contributed by atoms with Gasteiger partial charge in [0.05, 0.1) is 11.3 Å². The summed E-state index contributed by atoms with van der Waals surface area (Å²) in [4.78, 5) is 10.8. The Morgan fingerprint density at radius 1 is 1.62 bits per heavy atom. The van der Waals surface area contributed by atoms with E-state index in [2.05, 4.69) is 5.32 Å². The van der Waals surface area contributed by atoms with Crippen LogP contribution in [0, 0.1) is 0 Å². The molecule has 0 saturated carbocycles. The van der Waals surface area contributed by atoms with E-state index in [9.17, 15) is 4.79 Å². The van der Waals surface area contributed by atoms with E-state index < -0.39 is 0 Å². The lowest BCUT2D eigenvalue weighted by atomic mass is 10.1. The summed E-state index contributed by atoms with van der Waals surface area (Å²) >= 11 is 0. The summed E-state index contributed by atoms with van der Waals surface area (Å²) in [6.07, 6.45) is 1.38. The largest absolute Gasteiger partial charge is 0.398 e. The van der Waals surface area contributed by atoms with Crippen LogP contribution in [0.25, 0.3) is 0 Å². The van der Waals surface area contributed by atoms with Gasteiger partial charge in [0.25, 0.3) is 0 Å². The van der Waals surface area contributed by atoms with E-state index in [1.54, 1.807) is 18.2 Å². The second-order valence-electron chi connectivity index (χ2n) is 2.66. The van der Waals surface area contributed by atoms with Crippen LogP contribution < -0.4 is 16.5 Å². The number of carbonyl (C=O) groups is 1. The van der Waals surface area contributed by atoms with Crippen molar-refractivity contribution in [3.8, 4) is 0 Å². The van der Waals surface area contributed by atoms with Crippen LogP contribution in [0.1, 0.15) is 12.5 Å². The van der Waals surface area contributed by atoms with Gasteiger partial charge in [0.15, 0.2) is 6.21 Å². The van der Waals surface area contributed by atoms with Gasteiger partial charge in [-0.25, -0.2) is 0 Å². The molecular weight excluding hydrogens is 166 g/mol. The van der Waals surface area contributed by atoms with Gasteiger partial charge in [0.1, 0.15) is 0 Å². The van der Waals surface area contributed by atoms with Gasteiger partial charge in [-0.05, 0) is 12.1 Å². The van der Waals surface area contributed by atoms with Gasteiger partial charge in [-0.1, -0.05) is 6.07 Å². The zero-order valence-electron chi connectivity index (χ0n) is 7.37. The number of nitrogens with one attached hydrogen (secondary N) is 1. The first-order valence-corrected chi connectivity index (χ1v) is 3.86. The smallest absolute Gasteiger partial charge is 0.221 e. The molecular formula is C9H12N3O+. The topological polar surface area (TPSA) is 80.7 Å². The first kappa shape index (κ1) is 9.25. The molecule has 1 rings (SSSR count). The zero-order chi connectivity index (χ0) is 9.84. The zero-order valence-corrected chi connectivity index (χ0v) is 7.37. The maximum absolute atomic E-state index is 10.8. The maximum Gasteiger partial charge on any atom is 0.221 e. The number of benzene rings is 1. The number of nitrogen functional groups attached to an aromatic ring is 1. The van der Waals surface area contributed by atoms with Crippen molar-refractivity contribution in [2.75, 3.05) is 11.1 Å². The fraction of sp³-hybridized carbons (Fsp3) is 0.111. The van der Waals surface area contributed by atoms with E-state index in [1.807, 2.05) is 0 Å². The van der Waals surface area contributed by atoms with Gasteiger partial charge in [-0.3, -0.25) is 10.2 Å². The molecule has 0 aliphatic heterocycles. The number of hydrogen-bond acceptors (Lipinski definition) is 2. The fourth-order valence-electron chi connectivity index (χ4n) is 1.07. The van der Waals surface area contributed by atoms with Crippen LogP contribution in [0.2, 0.25) is 0 Å². The normalized spacial score (nSPS) is 9.31. The third kappa shape index (κ3) is 2.05. The lowest BCUT2D eigenvalue weighted by molar-refractivity contribution is -0.114. The van der Waals surface area contributed by atoms with Crippen molar-refractivity contribution in [2.24, 2.45) is 0 Å². The summed E-state index contributed by atoms with van der Waals surface area (Å²) in [6.45, 7) is 1.43. The van der Waals surface area contributed by atoms with Crippen molar-refractivity contribution in [2.45, 2.75) is 6.92 Å². The van der Waals surface area contributed by atoms with Crippen molar-refractivity contribution < 1.29 is 10.2 Å². The van der Waals surface area contributed by atoms with Crippen LogP contribution in [0.15, 0.2) is 18.2 Å². The van der Waals surface area contributed by atoms with Crippen LogP contribution >= 0.6 is 0 Å². The lowest BCUT2D eigenvalue weighted by Crippen LogP contribution is -2.31. The summed E-state index contributed by atoms with van der Waals surface area (Å²) in [5.74, 6) is -0.145. The van der Waals surface area contributed by atoms with Gasteiger partial charge in [-0.2, -0.15) is 0 Å². The molecule has 13 heavy (non-hydrogen) atoms. The van der Waals surface area contributed by atoms with Crippen LogP contribution in [0.5, 0.6) is 0 Å². The third-order valence-electron chi connectivity index (χ3n) is 1.62. The molecule has 0 aliphatic carbocycles. The first-order chi connectivity index (χ1) is 6.15. The molecule has 0 radical (unpaired) electrons. The Morgan fingerprint density at radius 2 is 2.31 bits per heavy atom. The highest BCUT2D eigenvalue weighted by molar-refractivity contribution is 5.98. The quantitative estimate of drug-likeness (QED) is 0.418. The van der Waals surface area contributed by atoms with E-state index >= 15 is 0 Å². The molecule has 1 aromatic rings. The minimum Gasteiger partial charge on any atom is -0.398 e. The SMILES string of the molecule is CC(=O)Nc1cccc(N)c1C=[NH2+]. The lowest BCUT2D eigenvalue weighted by Gasteiger charge is -2.05. The Morgan fingerprint density at radius 3 is 2.85 bits per heavy atom. The molecule has 0 atom stereocenters. The number of anilines is 2. The summed E-state index contributed by atoms with van der Waals surface area (Å²) in [5, 5.41) is 8.01. The van der Waals surface area contributed by atoms with Crippen molar-refractivity contribution >= 4 is 23.5 Å². The molecule has 0 bridgehead atoms. The van der Waals surface area contributed by atoms with E-state index in [1.165, 1.54) is 13.1 Å². The average Bonchev–Trinajstić information content (AvgIpc) is 2.03. The Hall–Kier alpha value is -1.84. The highest BCUT2D eigenvalue weighted by Crippen LogP contribution is 2.18. The Bertz CT molecular complexity index is 347. The molecule has 0 unspecified atom stereocenters. The molecule has 0 aromatic heterocycles. The molecule has 0 fully saturated rings. The van der Waals surface area contributed by atoms with Crippen LogP contribution in [-0.2, 0) is 4.79 Å². The fourth-order valence-corrected chi connectivity index (χ4v) is 1.07. The van der Waals surface area contributed by atoms with Crippen LogP contribution in [0.3, 0.4) is 0 Å². The number of hydrogen-bond donors (Lipinski definition) is 3. The standard InChI is InChI=1S/C9H11N3O/c1-6(13)12-9-4-2-3-8(11)7(9)5-10/h2-5,10H,11H2,1H3,(H,12,13)/p+1. The van der Waals surface area contributed by atoms with Crippen molar-refractivity contribution in [1.29, 1.82) is 0 Å². The third-order valence-corrected chi connectivity index (χ3v) is 1.62. The number of nitrogens with two attached hydrogens (primary N) is 2. The second-order valence-corrected chi connectivity index (χ2v) is 2.66. The first-order valence-electron chi connectivity index (χ1n) is 3.86. The van der Waals surface area contributed by atoms with Crippen LogP contribution in [0.4, 0.5) is 11.4 Å². The van der Waals surface area contributed by atoms with Crippen LogP contribution in [-0.4, -0.2) is 12.1 Å². The Labute approximate surface area is 76.3 Å². The Balaban J connectivity index is 3.12. The summed E-state index contributed by atoms with van der Waals surface area (Å²) in [6, 6.07) is 5.23. The predicted octanol–water partition coefficient (Wildman–Crippen LogP) is -0.595. The number of amides is 1. The van der Waals surface area contributed by atoms with Gasteiger partial charge >= 0.3 is 0 Å². The van der Waals surface area contributed by atoms with E-state index in [0.717, 1.165) is 0 Å². The molecule has 0 saturated heterocycles. The van der Waals surface area contributed by atoms with E-state index in [0.29, 0.717) is 16.9 Å². The van der Waals surface area contributed by atoms with Gasteiger partial charge < -0.3 is 11.1 Å². The molecule has 68 valence electrons. The van der Waals surface area contributed by atoms with Gasteiger partial charge in [-0.15, -0.1) is 0 Å². The highest BCUT2D eigenvalue weighted by atomic mass is 16.1. The molecule has 4 nitrogen and oxygen atoms in total. The predicted molar refractivity (Wildman–Crippen MR) is 52.2 cm³/mol. The molecule has 0 heterocycles. The molecule has 4 heteroatoms. The average molecular weight is 178 g/mol. The van der Waals surface area contributed by atoms with Crippen molar-refractivity contribution in [3.63, 3.8) is 0 Å². The molecule has 0 aliphatic rings. The summed E-state index contributed by atoms with van der Waals surface area (Å²) < 4.78 is 0. The monoisotopic (exact) mass is 178 g/mol. The highest BCUT2D eigenvalue weighted by Gasteiger charge is 2.06. The van der Waals surface area contributed by atoms with Gasteiger partial charge in [0, 0.05) is 12.6 Å². The molecule has 0 spiro atoms. The maximum atomic E-state index is 10.8. The van der Waals surface area contributed by atoms with E-state index in [4.69, 9.17) is 11.1 Å². The number of carbonyl (C=O) groups excluding carboxylic acids is 1. The Kier molecular flexibility index (Phi) is 2.64.